The van der Waals surface area contributed by atoms with Crippen LogP contribution in [0.15, 0.2) is 57.7 Å². The first-order valence-electron chi connectivity index (χ1n) is 10.5. The second-order valence-corrected chi connectivity index (χ2v) is 7.48. The first-order valence-corrected chi connectivity index (χ1v) is 10.5. The summed E-state index contributed by atoms with van der Waals surface area (Å²) in [5, 5.41) is 3.81. The van der Waals surface area contributed by atoms with Crippen molar-refractivity contribution in [1.29, 1.82) is 0 Å². The molecule has 1 aliphatic heterocycles. The molecule has 7 nitrogen and oxygen atoms in total. The summed E-state index contributed by atoms with van der Waals surface area (Å²) in [7, 11) is 0. The molecule has 0 radical (unpaired) electrons. The summed E-state index contributed by atoms with van der Waals surface area (Å²) in [6.07, 6.45) is 0.731. The molecule has 0 aliphatic carbocycles. The van der Waals surface area contributed by atoms with E-state index in [0.717, 1.165) is 61.5 Å². The van der Waals surface area contributed by atoms with Crippen LogP contribution in [0.4, 0.5) is 5.69 Å². The zero-order chi connectivity index (χ0) is 21.6. The summed E-state index contributed by atoms with van der Waals surface area (Å²) in [5.41, 5.74) is 2.82. The molecule has 2 heterocycles. The second-order valence-electron chi connectivity index (χ2n) is 7.48. The summed E-state index contributed by atoms with van der Waals surface area (Å²) in [6.45, 7) is 5.81. The number of anilines is 1. The fraction of sp³-hybridized carbons (Fsp3) is 0.333. The average molecular weight is 422 g/mol. The Labute approximate surface area is 180 Å². The molecule has 0 bridgehead atoms. The van der Waals surface area contributed by atoms with Gasteiger partial charge in [-0.25, -0.2) is 4.79 Å². The van der Waals surface area contributed by atoms with Crippen molar-refractivity contribution in [1.82, 2.24) is 4.90 Å². The van der Waals surface area contributed by atoms with E-state index in [0.29, 0.717) is 11.3 Å². The Kier molecular flexibility index (Phi) is 6.64. The third-order valence-electron chi connectivity index (χ3n) is 5.34. The standard InChI is InChI=1S/C24H26N2O5/c1-2-17-13-24(28)31-22-14-19(7-8-20(17)22)30-16-23(27)25-21-6-4-3-5-18(21)15-26-9-11-29-12-10-26/h3-8,13-14H,2,9-12,15-16H2,1H3,(H,25,27). The van der Waals surface area contributed by atoms with E-state index in [1.54, 1.807) is 12.1 Å². The predicted octanol–water partition coefficient (Wildman–Crippen LogP) is 3.21. The van der Waals surface area contributed by atoms with E-state index in [1.807, 2.05) is 37.3 Å². The SMILES string of the molecule is CCc1cc(=O)oc2cc(OCC(=O)Nc3ccccc3CN3CCOCC3)ccc12. The van der Waals surface area contributed by atoms with Crippen molar-refractivity contribution in [3.8, 4) is 5.75 Å². The Balaban J connectivity index is 1.40. The summed E-state index contributed by atoms with van der Waals surface area (Å²) in [4.78, 5) is 26.5. The van der Waals surface area contributed by atoms with E-state index >= 15 is 0 Å². The van der Waals surface area contributed by atoms with Gasteiger partial charge in [-0.2, -0.15) is 0 Å². The predicted molar refractivity (Wildman–Crippen MR) is 119 cm³/mol. The molecule has 0 spiro atoms. The summed E-state index contributed by atoms with van der Waals surface area (Å²) < 4.78 is 16.3. The number of nitrogens with zero attached hydrogens (tertiary/aromatic N) is 1. The number of fused-ring (bicyclic) bond motifs is 1. The van der Waals surface area contributed by atoms with Gasteiger partial charge in [0.15, 0.2) is 6.61 Å². The number of carbonyl (C=O) groups excluding carboxylic acids is 1. The number of ether oxygens (including phenoxy) is 2. The van der Waals surface area contributed by atoms with Crippen molar-refractivity contribution in [2.45, 2.75) is 19.9 Å². The number of para-hydroxylation sites is 1. The molecule has 1 fully saturated rings. The Morgan fingerprint density at radius 1 is 1.10 bits per heavy atom. The smallest absolute Gasteiger partial charge is 0.336 e. The van der Waals surface area contributed by atoms with Gasteiger partial charge in [0, 0.05) is 42.8 Å². The highest BCUT2D eigenvalue weighted by Crippen LogP contribution is 2.23. The maximum atomic E-state index is 12.5. The Morgan fingerprint density at radius 2 is 1.90 bits per heavy atom. The van der Waals surface area contributed by atoms with Gasteiger partial charge < -0.3 is 19.2 Å². The van der Waals surface area contributed by atoms with Crippen LogP contribution in [0.3, 0.4) is 0 Å². The lowest BCUT2D eigenvalue weighted by molar-refractivity contribution is -0.118. The van der Waals surface area contributed by atoms with Crippen LogP contribution in [0.25, 0.3) is 11.0 Å². The van der Waals surface area contributed by atoms with Crippen molar-refractivity contribution >= 4 is 22.6 Å². The molecular formula is C24H26N2O5. The van der Waals surface area contributed by atoms with Crippen LogP contribution in [0.2, 0.25) is 0 Å². The molecule has 0 unspecified atom stereocenters. The van der Waals surface area contributed by atoms with Crippen LogP contribution in [-0.2, 0) is 22.5 Å². The summed E-state index contributed by atoms with van der Waals surface area (Å²) in [5.74, 6) is 0.221. The van der Waals surface area contributed by atoms with E-state index in [4.69, 9.17) is 13.9 Å². The van der Waals surface area contributed by atoms with E-state index in [2.05, 4.69) is 10.2 Å². The van der Waals surface area contributed by atoms with Crippen molar-refractivity contribution in [2.75, 3.05) is 38.2 Å². The third-order valence-corrected chi connectivity index (χ3v) is 5.34. The van der Waals surface area contributed by atoms with Crippen molar-refractivity contribution in [2.24, 2.45) is 0 Å². The second kappa shape index (κ2) is 9.76. The normalized spacial score (nSPS) is 14.5. The van der Waals surface area contributed by atoms with Crippen LogP contribution >= 0.6 is 0 Å². The van der Waals surface area contributed by atoms with Gasteiger partial charge in [-0.3, -0.25) is 9.69 Å². The van der Waals surface area contributed by atoms with Gasteiger partial charge in [-0.1, -0.05) is 25.1 Å². The fourth-order valence-electron chi connectivity index (χ4n) is 3.71. The summed E-state index contributed by atoms with van der Waals surface area (Å²) in [6, 6.07) is 14.6. The van der Waals surface area contributed by atoms with E-state index in [1.165, 1.54) is 6.07 Å². The van der Waals surface area contributed by atoms with Gasteiger partial charge >= 0.3 is 5.63 Å². The molecule has 162 valence electrons. The molecule has 4 rings (SSSR count). The first kappa shape index (κ1) is 21.1. The number of nitrogens with one attached hydrogen (secondary N) is 1. The van der Waals surface area contributed by atoms with Crippen LogP contribution in [0.5, 0.6) is 5.75 Å². The number of rotatable bonds is 7. The molecule has 1 saturated heterocycles. The molecule has 0 atom stereocenters. The fourth-order valence-corrected chi connectivity index (χ4v) is 3.71. The van der Waals surface area contributed by atoms with E-state index in [9.17, 15) is 9.59 Å². The minimum atomic E-state index is -0.392. The van der Waals surface area contributed by atoms with E-state index in [-0.39, 0.29) is 12.5 Å². The Morgan fingerprint density at radius 3 is 2.71 bits per heavy atom. The first-order chi connectivity index (χ1) is 15.1. The van der Waals surface area contributed by atoms with Gasteiger partial charge in [0.25, 0.3) is 5.91 Å². The molecule has 1 N–H and O–H groups in total. The quantitative estimate of drug-likeness (QED) is 0.589. The van der Waals surface area contributed by atoms with Crippen LogP contribution in [0.1, 0.15) is 18.1 Å². The Bertz CT molecular complexity index is 1120. The number of carbonyl (C=O) groups is 1. The molecule has 1 amide bonds. The lowest BCUT2D eigenvalue weighted by Crippen LogP contribution is -2.36. The molecule has 7 heteroatoms. The monoisotopic (exact) mass is 422 g/mol. The largest absolute Gasteiger partial charge is 0.484 e. The molecular weight excluding hydrogens is 396 g/mol. The van der Waals surface area contributed by atoms with Crippen molar-refractivity contribution in [3.63, 3.8) is 0 Å². The number of benzene rings is 2. The maximum Gasteiger partial charge on any atom is 0.336 e. The maximum absolute atomic E-state index is 12.5. The molecule has 1 aliphatic rings. The molecule has 31 heavy (non-hydrogen) atoms. The lowest BCUT2D eigenvalue weighted by Gasteiger charge is -2.27. The molecule has 1 aromatic heterocycles. The zero-order valence-electron chi connectivity index (χ0n) is 17.6. The van der Waals surface area contributed by atoms with Gasteiger partial charge in [-0.15, -0.1) is 0 Å². The number of amides is 1. The summed E-state index contributed by atoms with van der Waals surface area (Å²) >= 11 is 0. The van der Waals surface area contributed by atoms with Crippen LogP contribution < -0.4 is 15.7 Å². The minimum absolute atomic E-state index is 0.144. The molecule has 3 aromatic rings. The number of morpholine rings is 1. The zero-order valence-corrected chi connectivity index (χ0v) is 17.6. The van der Waals surface area contributed by atoms with E-state index < -0.39 is 5.63 Å². The molecule has 0 saturated carbocycles. The van der Waals surface area contributed by atoms with Gasteiger partial charge in [0.2, 0.25) is 0 Å². The minimum Gasteiger partial charge on any atom is -0.484 e. The van der Waals surface area contributed by atoms with Crippen molar-refractivity contribution in [3.05, 3.63) is 70.1 Å². The third kappa shape index (κ3) is 5.31. The van der Waals surface area contributed by atoms with Crippen molar-refractivity contribution < 1.29 is 18.7 Å². The highest BCUT2D eigenvalue weighted by Gasteiger charge is 2.14. The average Bonchev–Trinajstić information content (AvgIpc) is 2.79. The Hall–Kier alpha value is -3.16. The molecule has 2 aromatic carbocycles. The van der Waals surface area contributed by atoms with Gasteiger partial charge in [0.05, 0.1) is 13.2 Å². The van der Waals surface area contributed by atoms with Crippen LogP contribution in [-0.4, -0.2) is 43.7 Å². The van der Waals surface area contributed by atoms with Gasteiger partial charge in [-0.05, 0) is 35.7 Å². The lowest BCUT2D eigenvalue weighted by atomic mass is 10.1. The van der Waals surface area contributed by atoms with Crippen LogP contribution in [0, 0.1) is 0 Å². The highest BCUT2D eigenvalue weighted by atomic mass is 16.5. The topological polar surface area (TPSA) is 81.0 Å². The van der Waals surface area contributed by atoms with Gasteiger partial charge in [0.1, 0.15) is 11.3 Å². The number of hydrogen-bond acceptors (Lipinski definition) is 6. The number of hydrogen-bond donors (Lipinski definition) is 1. The number of aryl methyl sites for hydroxylation is 1. The highest BCUT2D eigenvalue weighted by molar-refractivity contribution is 5.92.